The van der Waals surface area contributed by atoms with Gasteiger partial charge in [-0.25, -0.2) is 4.98 Å². The highest BCUT2D eigenvalue weighted by atomic mass is 16.4. The number of piperidine rings is 1. The van der Waals surface area contributed by atoms with Crippen LogP contribution in [0.3, 0.4) is 0 Å². The van der Waals surface area contributed by atoms with Crippen LogP contribution in [0.15, 0.2) is 53.3 Å². The molecular formula is C25H26N6O. The van der Waals surface area contributed by atoms with E-state index < -0.39 is 0 Å². The Morgan fingerprint density at radius 1 is 1.12 bits per heavy atom. The highest BCUT2D eigenvalue weighted by molar-refractivity contribution is 5.93. The second-order valence-electron chi connectivity index (χ2n) is 8.93. The Balaban J connectivity index is 1.43. The van der Waals surface area contributed by atoms with Crippen molar-refractivity contribution < 1.29 is 4.42 Å². The molecule has 0 aliphatic carbocycles. The third kappa shape index (κ3) is 3.20. The molecule has 6 rings (SSSR count). The van der Waals surface area contributed by atoms with Crippen LogP contribution in [-0.2, 0) is 0 Å². The number of H-pyrrole nitrogens is 1. The fraction of sp³-hybridized carbons (Fsp3) is 0.320. The predicted molar refractivity (Wildman–Crippen MR) is 125 cm³/mol. The maximum absolute atomic E-state index is 6.11. The fourth-order valence-electron chi connectivity index (χ4n) is 4.82. The van der Waals surface area contributed by atoms with Crippen molar-refractivity contribution in [1.82, 2.24) is 29.9 Å². The average molecular weight is 427 g/mol. The first-order valence-electron chi connectivity index (χ1n) is 11.3. The quantitative estimate of drug-likeness (QED) is 0.417. The molecule has 1 aliphatic heterocycles. The largest absolute Gasteiger partial charge is 0.420 e. The van der Waals surface area contributed by atoms with E-state index >= 15 is 0 Å². The monoisotopic (exact) mass is 426 g/mol. The molecule has 162 valence electrons. The van der Waals surface area contributed by atoms with Gasteiger partial charge in [-0.1, -0.05) is 13.8 Å². The first kappa shape index (κ1) is 19.3. The molecule has 1 aromatic carbocycles. The molecule has 0 radical (unpaired) electrons. The van der Waals surface area contributed by atoms with E-state index in [4.69, 9.17) is 4.42 Å². The highest BCUT2D eigenvalue weighted by Gasteiger charge is 2.22. The normalized spacial score (nSPS) is 17.0. The van der Waals surface area contributed by atoms with Crippen LogP contribution < -0.4 is 5.32 Å². The number of rotatable bonds is 4. The second-order valence-corrected chi connectivity index (χ2v) is 8.93. The Morgan fingerprint density at radius 2 is 2.03 bits per heavy atom. The molecular weight excluding hydrogens is 400 g/mol. The molecule has 0 bridgehead atoms. The van der Waals surface area contributed by atoms with Crippen LogP contribution in [0.5, 0.6) is 0 Å². The third-order valence-electron chi connectivity index (χ3n) is 6.43. The minimum atomic E-state index is 0.303. The molecule has 1 saturated heterocycles. The minimum Gasteiger partial charge on any atom is -0.420 e. The zero-order chi connectivity index (χ0) is 21.7. The Bertz CT molecular complexity index is 1400. The Labute approximate surface area is 185 Å². The van der Waals surface area contributed by atoms with Gasteiger partial charge in [-0.3, -0.25) is 0 Å². The topological polar surface area (TPSA) is 84.0 Å². The number of aromatic amines is 1. The summed E-state index contributed by atoms with van der Waals surface area (Å²) in [6.07, 6.45) is 8.16. The lowest BCUT2D eigenvalue weighted by atomic mass is 9.96. The molecule has 1 unspecified atom stereocenters. The van der Waals surface area contributed by atoms with E-state index in [9.17, 15) is 0 Å². The Hall–Kier alpha value is -3.45. The van der Waals surface area contributed by atoms with Crippen LogP contribution in [0.25, 0.3) is 39.3 Å². The molecule has 1 atom stereocenters. The summed E-state index contributed by atoms with van der Waals surface area (Å²) in [5.41, 5.74) is 6.58. The van der Waals surface area contributed by atoms with Crippen molar-refractivity contribution in [2.24, 2.45) is 0 Å². The zero-order valence-corrected chi connectivity index (χ0v) is 18.3. The van der Waals surface area contributed by atoms with Gasteiger partial charge in [0.05, 0.1) is 5.69 Å². The van der Waals surface area contributed by atoms with Gasteiger partial charge >= 0.3 is 0 Å². The molecule has 4 aromatic heterocycles. The summed E-state index contributed by atoms with van der Waals surface area (Å²) < 4.78 is 8.16. The molecule has 7 heteroatoms. The molecule has 7 nitrogen and oxygen atoms in total. The molecule has 5 heterocycles. The predicted octanol–water partition coefficient (Wildman–Crippen LogP) is 5.12. The SMILES string of the molecule is CC(C)c1c(-c2ccc3nccn3c2)[nH]c2ccc(-c3nnc(C4CCCNC4)o3)cc12. The van der Waals surface area contributed by atoms with Gasteiger partial charge in [-0.15, -0.1) is 10.2 Å². The summed E-state index contributed by atoms with van der Waals surface area (Å²) in [7, 11) is 0. The maximum atomic E-state index is 6.11. The van der Waals surface area contributed by atoms with Crippen molar-refractivity contribution in [2.45, 2.75) is 38.5 Å². The molecule has 2 N–H and O–H groups in total. The van der Waals surface area contributed by atoms with Crippen LogP contribution in [0, 0.1) is 0 Å². The molecule has 5 aromatic rings. The standard InChI is InChI=1S/C25H26N6O/c1-15(2)22-19-12-16(24-29-30-25(32-24)17-4-3-9-26-13-17)5-7-20(19)28-23(22)18-6-8-21-27-10-11-31(21)14-18/h5-8,10-12,14-15,17,26,28H,3-4,9,13H2,1-2H3. The number of aromatic nitrogens is 5. The lowest BCUT2D eigenvalue weighted by Gasteiger charge is -2.18. The molecule has 1 fully saturated rings. The summed E-state index contributed by atoms with van der Waals surface area (Å²) in [4.78, 5) is 8.01. The van der Waals surface area contributed by atoms with E-state index in [0.29, 0.717) is 17.7 Å². The van der Waals surface area contributed by atoms with Crippen molar-refractivity contribution in [3.05, 3.63) is 60.4 Å². The van der Waals surface area contributed by atoms with Crippen molar-refractivity contribution in [3.8, 4) is 22.7 Å². The van der Waals surface area contributed by atoms with Gasteiger partial charge in [0, 0.05) is 53.1 Å². The number of fused-ring (bicyclic) bond motifs is 2. The minimum absolute atomic E-state index is 0.303. The van der Waals surface area contributed by atoms with Gasteiger partial charge in [0.1, 0.15) is 5.65 Å². The number of hydrogen-bond donors (Lipinski definition) is 2. The maximum Gasteiger partial charge on any atom is 0.247 e. The van der Waals surface area contributed by atoms with Crippen LogP contribution in [0.2, 0.25) is 0 Å². The summed E-state index contributed by atoms with van der Waals surface area (Å²) in [5, 5.41) is 13.3. The molecule has 0 amide bonds. The summed E-state index contributed by atoms with van der Waals surface area (Å²) in [5.74, 6) is 1.97. The first-order chi connectivity index (χ1) is 15.7. The lowest BCUT2D eigenvalue weighted by molar-refractivity contribution is 0.380. The number of imidazole rings is 1. The van der Waals surface area contributed by atoms with E-state index in [1.807, 2.05) is 12.4 Å². The molecule has 0 spiro atoms. The molecule has 1 aliphatic rings. The van der Waals surface area contributed by atoms with E-state index in [0.717, 1.165) is 59.8 Å². The summed E-state index contributed by atoms with van der Waals surface area (Å²) >= 11 is 0. The first-order valence-corrected chi connectivity index (χ1v) is 11.3. The van der Waals surface area contributed by atoms with Gasteiger partial charge in [-0.2, -0.15) is 0 Å². The summed E-state index contributed by atoms with van der Waals surface area (Å²) in [6, 6.07) is 10.5. The van der Waals surface area contributed by atoms with Gasteiger partial charge < -0.3 is 19.1 Å². The second kappa shape index (κ2) is 7.60. The van der Waals surface area contributed by atoms with Crippen LogP contribution in [0.1, 0.15) is 50.0 Å². The van der Waals surface area contributed by atoms with Crippen molar-refractivity contribution >= 4 is 16.6 Å². The Kier molecular flexibility index (Phi) is 4.57. The number of pyridine rings is 1. The van der Waals surface area contributed by atoms with Crippen LogP contribution in [0.4, 0.5) is 0 Å². The van der Waals surface area contributed by atoms with Gasteiger partial charge in [0.15, 0.2) is 0 Å². The van der Waals surface area contributed by atoms with Gasteiger partial charge in [0.25, 0.3) is 0 Å². The fourth-order valence-corrected chi connectivity index (χ4v) is 4.82. The summed E-state index contributed by atoms with van der Waals surface area (Å²) in [6.45, 7) is 6.43. The molecule has 0 saturated carbocycles. The highest BCUT2D eigenvalue weighted by Crippen LogP contribution is 2.37. The number of nitrogens with zero attached hydrogens (tertiary/aromatic N) is 4. The van der Waals surface area contributed by atoms with Crippen molar-refractivity contribution in [2.75, 3.05) is 13.1 Å². The van der Waals surface area contributed by atoms with E-state index in [1.54, 1.807) is 0 Å². The zero-order valence-electron chi connectivity index (χ0n) is 18.3. The van der Waals surface area contributed by atoms with E-state index in [-0.39, 0.29) is 0 Å². The van der Waals surface area contributed by atoms with Gasteiger partial charge in [-0.05, 0) is 61.2 Å². The van der Waals surface area contributed by atoms with Crippen LogP contribution >= 0.6 is 0 Å². The lowest BCUT2D eigenvalue weighted by Crippen LogP contribution is -2.28. The average Bonchev–Trinajstić information content (AvgIpc) is 3.56. The smallest absolute Gasteiger partial charge is 0.247 e. The van der Waals surface area contributed by atoms with E-state index in [1.165, 1.54) is 10.9 Å². The van der Waals surface area contributed by atoms with Crippen molar-refractivity contribution in [1.29, 1.82) is 0 Å². The Morgan fingerprint density at radius 3 is 2.88 bits per heavy atom. The van der Waals surface area contributed by atoms with Crippen LogP contribution in [-0.4, -0.2) is 37.7 Å². The number of nitrogens with one attached hydrogen (secondary N) is 2. The number of hydrogen-bond acceptors (Lipinski definition) is 5. The third-order valence-corrected chi connectivity index (χ3v) is 6.43. The van der Waals surface area contributed by atoms with Crippen molar-refractivity contribution in [3.63, 3.8) is 0 Å². The van der Waals surface area contributed by atoms with Gasteiger partial charge in [0.2, 0.25) is 11.8 Å². The number of benzene rings is 1. The molecule has 32 heavy (non-hydrogen) atoms. The van der Waals surface area contributed by atoms with E-state index in [2.05, 4.69) is 80.3 Å².